The Balaban J connectivity index is 0.00000204. The highest BCUT2D eigenvalue weighted by Crippen LogP contribution is 2.49. The molecular formula is C26H38N2O4. The van der Waals surface area contributed by atoms with E-state index in [1.54, 1.807) is 7.11 Å². The molecule has 0 radical (unpaired) electrons. The highest BCUT2D eigenvalue weighted by Gasteiger charge is 2.51. The van der Waals surface area contributed by atoms with Crippen molar-refractivity contribution in [2.75, 3.05) is 19.0 Å². The standard InChI is InChI=1S/C26H32N2O4.3H2/c1-25(2,3)23-13-17-12-19(8-9-22(17)28(23)15-20(30)16-29)27-24(31)26(10-11-26)18-6-5-7-21(14-18)32-4;;;/h5-9,12-14,20,29-30H,10-11,15-16H2,1-4H3,(H,27,31);3*1H/t20-;;;/m1.../s1. The van der Waals surface area contributed by atoms with Gasteiger partial charge >= 0.3 is 0 Å². The predicted molar refractivity (Wildman–Crippen MR) is 133 cm³/mol. The molecule has 3 N–H and O–H groups in total. The van der Waals surface area contributed by atoms with E-state index in [4.69, 9.17) is 4.74 Å². The molecule has 32 heavy (non-hydrogen) atoms. The number of hydrogen-bond acceptors (Lipinski definition) is 4. The first-order valence-corrected chi connectivity index (χ1v) is 11.1. The second-order valence-electron chi connectivity index (χ2n) is 9.77. The number of rotatable bonds is 7. The van der Waals surface area contributed by atoms with Gasteiger partial charge in [0.1, 0.15) is 5.75 Å². The molecule has 0 bridgehead atoms. The summed E-state index contributed by atoms with van der Waals surface area (Å²) in [5.74, 6) is 0.750. The van der Waals surface area contributed by atoms with Gasteiger partial charge in [-0.05, 0) is 54.8 Å². The van der Waals surface area contributed by atoms with Crippen LogP contribution in [0.5, 0.6) is 5.75 Å². The van der Waals surface area contributed by atoms with Crippen molar-refractivity contribution < 1.29 is 24.0 Å². The average molecular weight is 443 g/mol. The first-order chi connectivity index (χ1) is 15.2. The van der Waals surface area contributed by atoms with Gasteiger partial charge in [0.05, 0.1) is 31.8 Å². The van der Waals surface area contributed by atoms with E-state index in [0.29, 0.717) is 6.54 Å². The number of methoxy groups -OCH3 is 1. The molecule has 1 saturated carbocycles. The van der Waals surface area contributed by atoms with E-state index in [0.717, 1.165) is 46.4 Å². The van der Waals surface area contributed by atoms with Crippen LogP contribution < -0.4 is 10.1 Å². The van der Waals surface area contributed by atoms with Crippen LogP contribution in [0.2, 0.25) is 0 Å². The normalized spacial score (nSPS) is 16.1. The number of aliphatic hydroxyl groups excluding tert-OH is 2. The SMILES string of the molecule is COc1cccc(C2(C(=O)Nc3ccc4c(c3)cc(C(C)(C)C)n4C[C@@H](O)CO)CC2)c1.[HH].[HH].[HH]. The van der Waals surface area contributed by atoms with Crippen molar-refractivity contribution in [1.82, 2.24) is 4.57 Å². The maximum Gasteiger partial charge on any atom is 0.235 e. The van der Waals surface area contributed by atoms with Crippen molar-refractivity contribution in [1.29, 1.82) is 0 Å². The van der Waals surface area contributed by atoms with Gasteiger partial charge in [0.15, 0.2) is 0 Å². The van der Waals surface area contributed by atoms with Gasteiger partial charge in [-0.2, -0.15) is 0 Å². The van der Waals surface area contributed by atoms with Crippen molar-refractivity contribution in [2.24, 2.45) is 0 Å². The van der Waals surface area contributed by atoms with Crippen LogP contribution in [0.4, 0.5) is 5.69 Å². The molecule has 0 unspecified atom stereocenters. The number of benzene rings is 2. The fourth-order valence-corrected chi connectivity index (χ4v) is 4.38. The molecular weight excluding hydrogens is 404 g/mol. The molecule has 176 valence electrons. The molecule has 1 aromatic heterocycles. The molecule has 1 aliphatic rings. The number of carbonyl (C=O) groups excluding carboxylic acids is 1. The molecule has 1 fully saturated rings. The van der Waals surface area contributed by atoms with Gasteiger partial charge in [0.25, 0.3) is 0 Å². The maximum absolute atomic E-state index is 13.2. The van der Waals surface area contributed by atoms with E-state index in [1.807, 2.05) is 42.5 Å². The topological polar surface area (TPSA) is 83.7 Å². The largest absolute Gasteiger partial charge is 0.497 e. The second kappa shape index (κ2) is 8.26. The summed E-state index contributed by atoms with van der Waals surface area (Å²) in [6, 6.07) is 15.7. The van der Waals surface area contributed by atoms with Crippen LogP contribution in [0.15, 0.2) is 48.5 Å². The Morgan fingerprint density at radius 2 is 1.97 bits per heavy atom. The third-order valence-electron chi connectivity index (χ3n) is 6.34. The lowest BCUT2D eigenvalue weighted by Gasteiger charge is -2.23. The molecule has 0 aliphatic heterocycles. The van der Waals surface area contributed by atoms with Crippen LogP contribution in [-0.4, -0.2) is 40.5 Å². The quantitative estimate of drug-likeness (QED) is 0.495. The van der Waals surface area contributed by atoms with E-state index < -0.39 is 11.5 Å². The third kappa shape index (κ3) is 4.12. The van der Waals surface area contributed by atoms with Crippen molar-refractivity contribution in [2.45, 2.75) is 57.1 Å². The van der Waals surface area contributed by atoms with Crippen LogP contribution in [0, 0.1) is 0 Å². The number of fused-ring (bicyclic) bond motifs is 1. The van der Waals surface area contributed by atoms with Crippen LogP contribution >= 0.6 is 0 Å². The van der Waals surface area contributed by atoms with Crippen LogP contribution in [-0.2, 0) is 22.2 Å². The van der Waals surface area contributed by atoms with Gasteiger partial charge in [-0.3, -0.25) is 4.79 Å². The molecule has 4 rings (SSSR count). The fourth-order valence-electron chi connectivity index (χ4n) is 4.38. The highest BCUT2D eigenvalue weighted by atomic mass is 16.5. The van der Waals surface area contributed by atoms with Gasteiger partial charge in [-0.25, -0.2) is 0 Å². The summed E-state index contributed by atoms with van der Waals surface area (Å²) < 4.78 is 7.39. The molecule has 6 nitrogen and oxygen atoms in total. The molecule has 2 aromatic carbocycles. The summed E-state index contributed by atoms with van der Waals surface area (Å²) in [5.41, 5.74) is 3.12. The van der Waals surface area contributed by atoms with E-state index in [1.165, 1.54) is 0 Å². The zero-order valence-electron chi connectivity index (χ0n) is 19.2. The average Bonchev–Trinajstić information content (AvgIpc) is 3.50. The van der Waals surface area contributed by atoms with E-state index in [-0.39, 0.29) is 22.2 Å². The fraction of sp³-hybridized carbons (Fsp3) is 0.423. The number of aliphatic hydroxyl groups is 2. The molecule has 1 heterocycles. The van der Waals surface area contributed by atoms with E-state index >= 15 is 0 Å². The first kappa shape index (κ1) is 22.4. The summed E-state index contributed by atoms with van der Waals surface area (Å²) in [6.45, 7) is 6.39. The van der Waals surface area contributed by atoms with Crippen molar-refractivity contribution >= 4 is 22.5 Å². The maximum atomic E-state index is 13.2. The molecule has 0 spiro atoms. The van der Waals surface area contributed by atoms with Gasteiger partial charge in [-0.15, -0.1) is 0 Å². The lowest BCUT2D eigenvalue weighted by molar-refractivity contribution is -0.118. The van der Waals surface area contributed by atoms with Crippen LogP contribution in [0.3, 0.4) is 0 Å². The van der Waals surface area contributed by atoms with Crippen molar-refractivity contribution in [3.05, 3.63) is 59.8 Å². The zero-order chi connectivity index (χ0) is 23.1. The minimum Gasteiger partial charge on any atom is -0.497 e. The lowest BCUT2D eigenvalue weighted by atomic mass is 9.92. The third-order valence-corrected chi connectivity index (χ3v) is 6.34. The van der Waals surface area contributed by atoms with E-state index in [9.17, 15) is 15.0 Å². The number of nitrogens with zero attached hydrogens (tertiary/aromatic N) is 1. The number of carbonyl (C=O) groups is 1. The predicted octanol–water partition coefficient (Wildman–Crippen LogP) is 4.71. The van der Waals surface area contributed by atoms with Gasteiger partial charge < -0.3 is 24.8 Å². The van der Waals surface area contributed by atoms with Crippen molar-refractivity contribution in [3.63, 3.8) is 0 Å². The summed E-state index contributed by atoms with van der Waals surface area (Å²) >= 11 is 0. The lowest BCUT2D eigenvalue weighted by Crippen LogP contribution is -2.27. The molecule has 1 atom stereocenters. The number of anilines is 1. The minimum atomic E-state index is -0.830. The Labute approximate surface area is 193 Å². The van der Waals surface area contributed by atoms with E-state index in [2.05, 4.69) is 36.7 Å². The number of nitrogens with one attached hydrogen (secondary N) is 1. The molecule has 6 heteroatoms. The number of aromatic nitrogens is 1. The van der Waals surface area contributed by atoms with Gasteiger partial charge in [-0.1, -0.05) is 32.9 Å². The molecule has 0 saturated heterocycles. The Kier molecular flexibility index (Phi) is 5.77. The van der Waals surface area contributed by atoms with Gasteiger partial charge in [0.2, 0.25) is 5.91 Å². The Hall–Kier alpha value is -2.83. The summed E-state index contributed by atoms with van der Waals surface area (Å²) in [4.78, 5) is 13.2. The number of amides is 1. The van der Waals surface area contributed by atoms with Crippen LogP contribution in [0.1, 0.15) is 49.2 Å². The van der Waals surface area contributed by atoms with Crippen LogP contribution in [0.25, 0.3) is 10.9 Å². The Bertz CT molecular complexity index is 1150. The molecule has 1 aliphatic carbocycles. The van der Waals surface area contributed by atoms with Gasteiger partial charge in [0, 0.05) is 32.0 Å². The summed E-state index contributed by atoms with van der Waals surface area (Å²) in [7, 11) is 1.63. The molecule has 3 aromatic rings. The zero-order valence-corrected chi connectivity index (χ0v) is 19.2. The second-order valence-corrected chi connectivity index (χ2v) is 9.77. The summed E-state index contributed by atoms with van der Waals surface area (Å²) in [6.07, 6.45) is 0.805. The first-order valence-electron chi connectivity index (χ1n) is 11.1. The molecule has 1 amide bonds. The summed E-state index contributed by atoms with van der Waals surface area (Å²) in [5, 5.41) is 23.5. The monoisotopic (exact) mass is 442 g/mol. The smallest absolute Gasteiger partial charge is 0.235 e. The van der Waals surface area contributed by atoms with Crippen molar-refractivity contribution in [3.8, 4) is 5.75 Å². The number of ether oxygens (including phenoxy) is 1. The Morgan fingerprint density at radius 3 is 2.59 bits per heavy atom. The minimum absolute atomic E-state index is 0. The Morgan fingerprint density at radius 1 is 1.22 bits per heavy atom. The number of hydrogen-bond donors (Lipinski definition) is 3. The highest BCUT2D eigenvalue weighted by molar-refractivity contribution is 6.02.